The molecular weight excluding hydrogens is 246 g/mol. The number of nitrogens with one attached hydrogen (secondary N) is 2. The van der Waals surface area contributed by atoms with Crippen molar-refractivity contribution in [1.29, 1.82) is 0 Å². The van der Waals surface area contributed by atoms with Crippen LogP contribution in [0.5, 0.6) is 0 Å². The molecule has 1 aliphatic carbocycles. The predicted octanol–water partition coefficient (Wildman–Crippen LogP) is 2.37. The van der Waals surface area contributed by atoms with Gasteiger partial charge in [0.1, 0.15) is 0 Å². The number of rotatable bonds is 3. The second-order valence-corrected chi connectivity index (χ2v) is 7.48. The Balaban J connectivity index is 1.53. The van der Waals surface area contributed by atoms with Crippen molar-refractivity contribution < 1.29 is 0 Å². The van der Waals surface area contributed by atoms with Crippen LogP contribution in [0.4, 0.5) is 0 Å². The molecule has 0 spiro atoms. The van der Waals surface area contributed by atoms with Gasteiger partial charge < -0.3 is 15.5 Å². The summed E-state index contributed by atoms with van der Waals surface area (Å²) in [6, 6.07) is 3.09. The maximum absolute atomic E-state index is 4.05. The Hall–Kier alpha value is -0.120. The first kappa shape index (κ1) is 14.8. The van der Waals surface area contributed by atoms with Crippen molar-refractivity contribution >= 4 is 0 Å². The number of nitrogens with zero attached hydrogens (tertiary/aromatic N) is 1. The molecule has 0 aromatic carbocycles. The van der Waals surface area contributed by atoms with Crippen molar-refractivity contribution in [2.75, 3.05) is 20.1 Å². The predicted molar refractivity (Wildman–Crippen MR) is 85.0 cm³/mol. The Kier molecular flexibility index (Phi) is 5.00. The van der Waals surface area contributed by atoms with E-state index in [1.54, 1.807) is 0 Å². The molecule has 3 fully saturated rings. The molecule has 0 radical (unpaired) electrons. The molecule has 2 saturated heterocycles. The van der Waals surface area contributed by atoms with Crippen LogP contribution in [0.3, 0.4) is 0 Å². The van der Waals surface area contributed by atoms with Crippen LogP contribution in [0.25, 0.3) is 0 Å². The quantitative estimate of drug-likeness (QED) is 0.830. The van der Waals surface area contributed by atoms with E-state index in [9.17, 15) is 0 Å². The first-order valence-electron chi connectivity index (χ1n) is 8.93. The topological polar surface area (TPSA) is 27.3 Å². The van der Waals surface area contributed by atoms with Gasteiger partial charge in [0, 0.05) is 24.2 Å². The molecule has 116 valence electrons. The Morgan fingerprint density at radius 1 is 1.05 bits per heavy atom. The third-order valence-electron chi connectivity index (χ3n) is 6.09. The van der Waals surface area contributed by atoms with E-state index in [2.05, 4.69) is 29.5 Å². The summed E-state index contributed by atoms with van der Waals surface area (Å²) in [7, 11) is 2.27. The maximum Gasteiger partial charge on any atom is 0.0113 e. The summed E-state index contributed by atoms with van der Waals surface area (Å²) in [5.41, 5.74) is 0. The highest BCUT2D eigenvalue weighted by molar-refractivity contribution is 4.94. The van der Waals surface area contributed by atoms with Gasteiger partial charge in [-0.25, -0.2) is 0 Å². The van der Waals surface area contributed by atoms with Crippen LogP contribution in [0.15, 0.2) is 0 Å². The van der Waals surface area contributed by atoms with Crippen LogP contribution in [-0.2, 0) is 0 Å². The van der Waals surface area contributed by atoms with Gasteiger partial charge in [-0.15, -0.1) is 0 Å². The van der Waals surface area contributed by atoms with Gasteiger partial charge in [0.2, 0.25) is 0 Å². The van der Waals surface area contributed by atoms with Crippen molar-refractivity contribution in [2.24, 2.45) is 5.92 Å². The van der Waals surface area contributed by atoms with E-state index in [0.29, 0.717) is 0 Å². The highest BCUT2D eigenvalue weighted by Gasteiger charge is 2.36. The summed E-state index contributed by atoms with van der Waals surface area (Å²) >= 11 is 0. The van der Waals surface area contributed by atoms with Crippen molar-refractivity contribution in [3.05, 3.63) is 0 Å². The fourth-order valence-electron chi connectivity index (χ4n) is 4.67. The zero-order valence-electron chi connectivity index (χ0n) is 13.4. The van der Waals surface area contributed by atoms with E-state index < -0.39 is 0 Å². The van der Waals surface area contributed by atoms with Gasteiger partial charge in [-0.1, -0.05) is 12.8 Å². The Labute approximate surface area is 124 Å². The lowest BCUT2D eigenvalue weighted by Crippen LogP contribution is -2.52. The molecule has 3 aliphatic rings. The van der Waals surface area contributed by atoms with E-state index in [0.717, 1.165) is 30.1 Å². The summed E-state index contributed by atoms with van der Waals surface area (Å²) in [6.45, 7) is 4.89. The molecule has 2 heterocycles. The molecule has 2 N–H and O–H groups in total. The second kappa shape index (κ2) is 6.76. The molecule has 0 aromatic rings. The van der Waals surface area contributed by atoms with Crippen LogP contribution in [0, 0.1) is 5.92 Å². The summed E-state index contributed by atoms with van der Waals surface area (Å²) in [6.07, 6.45) is 11.2. The van der Waals surface area contributed by atoms with Crippen molar-refractivity contribution in [3.8, 4) is 0 Å². The monoisotopic (exact) mass is 279 g/mol. The molecule has 3 rings (SSSR count). The average molecular weight is 279 g/mol. The molecule has 5 unspecified atom stereocenters. The van der Waals surface area contributed by atoms with E-state index in [4.69, 9.17) is 0 Å². The highest BCUT2D eigenvalue weighted by Crippen LogP contribution is 2.32. The van der Waals surface area contributed by atoms with Crippen molar-refractivity contribution in [1.82, 2.24) is 15.5 Å². The third-order valence-corrected chi connectivity index (χ3v) is 6.09. The van der Waals surface area contributed by atoms with Gasteiger partial charge >= 0.3 is 0 Å². The standard InChI is InChI=1S/C17H33N3/c1-13-12-14(9-11-20(13)2)19-17-8-5-6-15(17)16-7-3-4-10-18-16/h13-19H,3-12H2,1-2H3. The maximum atomic E-state index is 4.05. The molecule has 2 aliphatic heterocycles. The summed E-state index contributed by atoms with van der Waals surface area (Å²) in [5.74, 6) is 0.894. The first-order valence-corrected chi connectivity index (χ1v) is 8.93. The SMILES string of the molecule is CC1CC(NC2CCCC2C2CCCCN2)CCN1C. The lowest BCUT2D eigenvalue weighted by Gasteiger charge is -2.39. The number of hydrogen-bond donors (Lipinski definition) is 2. The highest BCUT2D eigenvalue weighted by atomic mass is 15.1. The van der Waals surface area contributed by atoms with Gasteiger partial charge in [-0.2, -0.15) is 0 Å². The van der Waals surface area contributed by atoms with Crippen molar-refractivity contribution in [3.63, 3.8) is 0 Å². The zero-order chi connectivity index (χ0) is 13.9. The molecular formula is C17H33N3. The minimum Gasteiger partial charge on any atom is -0.314 e. The summed E-state index contributed by atoms with van der Waals surface area (Å²) < 4.78 is 0. The minimum atomic E-state index is 0.744. The smallest absolute Gasteiger partial charge is 0.0113 e. The zero-order valence-corrected chi connectivity index (χ0v) is 13.4. The molecule has 0 amide bonds. The van der Waals surface area contributed by atoms with Gasteiger partial charge in [0.05, 0.1) is 0 Å². The Morgan fingerprint density at radius 3 is 2.70 bits per heavy atom. The van der Waals surface area contributed by atoms with Crippen LogP contribution >= 0.6 is 0 Å². The van der Waals surface area contributed by atoms with Gasteiger partial charge in [-0.05, 0) is 71.5 Å². The van der Waals surface area contributed by atoms with Crippen LogP contribution < -0.4 is 10.6 Å². The fraction of sp³-hybridized carbons (Fsp3) is 1.00. The lowest BCUT2D eigenvalue weighted by atomic mass is 9.87. The fourth-order valence-corrected chi connectivity index (χ4v) is 4.67. The minimum absolute atomic E-state index is 0.744. The van der Waals surface area contributed by atoms with Gasteiger partial charge in [-0.3, -0.25) is 0 Å². The Bertz CT molecular complexity index is 301. The van der Waals surface area contributed by atoms with Gasteiger partial charge in [0.15, 0.2) is 0 Å². The van der Waals surface area contributed by atoms with E-state index >= 15 is 0 Å². The van der Waals surface area contributed by atoms with E-state index in [1.807, 2.05) is 0 Å². The van der Waals surface area contributed by atoms with Gasteiger partial charge in [0.25, 0.3) is 0 Å². The average Bonchev–Trinajstić information content (AvgIpc) is 2.92. The van der Waals surface area contributed by atoms with Crippen LogP contribution in [0.2, 0.25) is 0 Å². The third kappa shape index (κ3) is 3.37. The number of likely N-dealkylation sites (tertiary alicyclic amines) is 1. The van der Waals surface area contributed by atoms with Crippen LogP contribution in [-0.4, -0.2) is 49.2 Å². The van der Waals surface area contributed by atoms with E-state index in [1.165, 1.54) is 64.5 Å². The molecule has 20 heavy (non-hydrogen) atoms. The number of hydrogen-bond acceptors (Lipinski definition) is 3. The lowest BCUT2D eigenvalue weighted by molar-refractivity contribution is 0.151. The molecule has 5 atom stereocenters. The number of piperidine rings is 2. The molecule has 3 nitrogen and oxygen atoms in total. The molecule has 3 heteroatoms. The van der Waals surface area contributed by atoms with Crippen molar-refractivity contribution in [2.45, 2.75) is 82.5 Å². The Morgan fingerprint density at radius 2 is 1.95 bits per heavy atom. The molecule has 0 aromatic heterocycles. The van der Waals surface area contributed by atoms with E-state index in [-0.39, 0.29) is 0 Å². The largest absolute Gasteiger partial charge is 0.314 e. The molecule has 0 bridgehead atoms. The first-order chi connectivity index (χ1) is 9.74. The summed E-state index contributed by atoms with van der Waals surface area (Å²) in [4.78, 5) is 2.51. The molecule has 1 saturated carbocycles. The second-order valence-electron chi connectivity index (χ2n) is 7.48. The summed E-state index contributed by atoms with van der Waals surface area (Å²) in [5, 5.41) is 7.85. The van der Waals surface area contributed by atoms with Crippen LogP contribution in [0.1, 0.15) is 58.3 Å². The normalized spacial score (nSPS) is 43.8.